The largest absolute Gasteiger partial charge is 0.543 e. The molecule has 2 heteroatoms. The van der Waals surface area contributed by atoms with E-state index in [9.17, 15) is 0 Å². The molecular formula is C21H20OSi. The van der Waals surface area contributed by atoms with E-state index in [1.54, 1.807) is 0 Å². The van der Waals surface area contributed by atoms with E-state index in [0.717, 1.165) is 0 Å². The summed E-state index contributed by atoms with van der Waals surface area (Å²) in [4.78, 5) is 0. The lowest BCUT2D eigenvalue weighted by Gasteiger charge is -2.15. The molecule has 3 aromatic carbocycles. The van der Waals surface area contributed by atoms with Crippen LogP contribution in [0.5, 0.6) is 0 Å². The van der Waals surface area contributed by atoms with Crippen molar-refractivity contribution in [3.63, 3.8) is 0 Å². The van der Waals surface area contributed by atoms with Gasteiger partial charge < -0.3 is 4.43 Å². The van der Waals surface area contributed by atoms with Gasteiger partial charge in [0.1, 0.15) is 0 Å². The van der Waals surface area contributed by atoms with Crippen molar-refractivity contribution in [1.82, 2.24) is 0 Å². The zero-order chi connectivity index (χ0) is 15.9. The summed E-state index contributed by atoms with van der Waals surface area (Å²) in [5.41, 5.74) is 2.42. The Hall–Kier alpha value is -2.58. The van der Waals surface area contributed by atoms with Gasteiger partial charge in [0.25, 0.3) is 9.04 Å². The molecule has 0 fully saturated rings. The van der Waals surface area contributed by atoms with Crippen molar-refractivity contribution in [3.8, 4) is 0 Å². The number of benzene rings is 3. The Morgan fingerprint density at radius 3 is 1.91 bits per heavy atom. The van der Waals surface area contributed by atoms with Crippen molar-refractivity contribution in [3.05, 3.63) is 102 Å². The van der Waals surface area contributed by atoms with Crippen molar-refractivity contribution < 1.29 is 4.43 Å². The number of aryl methyl sites for hydroxylation is 1. The van der Waals surface area contributed by atoms with Gasteiger partial charge >= 0.3 is 0 Å². The summed E-state index contributed by atoms with van der Waals surface area (Å²) < 4.78 is 6.22. The lowest BCUT2D eigenvalue weighted by Crippen LogP contribution is -2.43. The molecule has 0 aliphatic heterocycles. The SMILES string of the molecule is Cc1cccc(C=CO[SiH](c2ccccc2)c2ccccc2)c1. The van der Waals surface area contributed by atoms with E-state index in [2.05, 4.69) is 79.7 Å². The van der Waals surface area contributed by atoms with Gasteiger partial charge in [-0.3, -0.25) is 0 Å². The van der Waals surface area contributed by atoms with Gasteiger partial charge in [-0.2, -0.15) is 0 Å². The number of rotatable bonds is 5. The molecule has 3 rings (SSSR count). The van der Waals surface area contributed by atoms with Gasteiger partial charge in [-0.25, -0.2) is 0 Å². The van der Waals surface area contributed by atoms with Gasteiger partial charge in [-0.15, -0.1) is 0 Å². The Morgan fingerprint density at radius 1 is 0.739 bits per heavy atom. The highest BCUT2D eigenvalue weighted by atomic mass is 28.3. The average molecular weight is 316 g/mol. The van der Waals surface area contributed by atoms with Crippen LogP contribution in [-0.2, 0) is 4.43 Å². The zero-order valence-corrected chi connectivity index (χ0v) is 14.4. The minimum Gasteiger partial charge on any atom is -0.543 e. The smallest absolute Gasteiger partial charge is 0.298 e. The van der Waals surface area contributed by atoms with Gasteiger partial charge in [-0.1, -0.05) is 90.5 Å². The van der Waals surface area contributed by atoms with E-state index < -0.39 is 9.04 Å². The first-order valence-corrected chi connectivity index (χ1v) is 9.44. The summed E-state index contributed by atoms with van der Waals surface area (Å²) in [6, 6.07) is 29.4. The van der Waals surface area contributed by atoms with E-state index in [0.29, 0.717) is 0 Å². The first-order chi connectivity index (χ1) is 11.3. The Balaban J connectivity index is 1.82. The third-order valence-electron chi connectivity index (χ3n) is 3.72. The minimum absolute atomic E-state index is 1.17. The summed E-state index contributed by atoms with van der Waals surface area (Å²) in [7, 11) is -1.69. The quantitative estimate of drug-likeness (QED) is 0.517. The van der Waals surface area contributed by atoms with E-state index in [-0.39, 0.29) is 0 Å². The van der Waals surface area contributed by atoms with Gasteiger partial charge in [-0.05, 0) is 28.9 Å². The maximum Gasteiger partial charge on any atom is 0.298 e. The summed E-state index contributed by atoms with van der Waals surface area (Å²) in [5, 5.41) is 2.57. The Labute approximate surface area is 139 Å². The molecule has 3 aromatic rings. The molecule has 0 N–H and O–H groups in total. The first kappa shape index (κ1) is 15.3. The molecule has 0 saturated heterocycles. The maximum atomic E-state index is 6.22. The van der Waals surface area contributed by atoms with E-state index >= 15 is 0 Å². The van der Waals surface area contributed by atoms with Crippen LogP contribution in [0, 0.1) is 6.92 Å². The van der Waals surface area contributed by atoms with Crippen LogP contribution in [0.3, 0.4) is 0 Å². The van der Waals surface area contributed by atoms with Crippen LogP contribution in [0.4, 0.5) is 0 Å². The highest BCUT2D eigenvalue weighted by Crippen LogP contribution is 2.06. The summed E-state index contributed by atoms with van der Waals surface area (Å²) >= 11 is 0. The van der Waals surface area contributed by atoms with Crippen molar-refractivity contribution in [2.24, 2.45) is 0 Å². The fourth-order valence-corrected chi connectivity index (χ4v) is 4.65. The lowest BCUT2D eigenvalue weighted by molar-refractivity contribution is 0.516. The van der Waals surface area contributed by atoms with Crippen molar-refractivity contribution in [2.75, 3.05) is 0 Å². The molecule has 0 atom stereocenters. The standard InChI is InChI=1S/C21H20OSi/c1-18-9-8-10-19(17-18)15-16-22-23(20-11-4-2-5-12-20)21-13-6-3-7-14-21/h2-17,23H,1H3. The third kappa shape index (κ3) is 4.21. The molecule has 0 amide bonds. The summed E-state index contributed by atoms with van der Waals surface area (Å²) in [6.07, 6.45) is 3.89. The molecule has 1 nitrogen and oxygen atoms in total. The predicted molar refractivity (Wildman–Crippen MR) is 101 cm³/mol. The number of hydrogen-bond donors (Lipinski definition) is 0. The molecule has 0 heterocycles. The molecule has 0 radical (unpaired) electrons. The third-order valence-corrected chi connectivity index (χ3v) is 6.13. The van der Waals surface area contributed by atoms with Gasteiger partial charge in [0.05, 0.1) is 6.26 Å². The molecule has 23 heavy (non-hydrogen) atoms. The highest BCUT2D eigenvalue weighted by molar-refractivity contribution is 6.80. The Bertz CT molecular complexity index is 727. The average Bonchev–Trinajstić information content (AvgIpc) is 2.60. The molecular weight excluding hydrogens is 296 g/mol. The second kappa shape index (κ2) is 7.61. The molecule has 0 saturated carbocycles. The molecule has 0 spiro atoms. The maximum absolute atomic E-state index is 6.22. The van der Waals surface area contributed by atoms with E-state index in [4.69, 9.17) is 4.43 Å². The topological polar surface area (TPSA) is 9.23 Å². The molecule has 114 valence electrons. The van der Waals surface area contributed by atoms with Crippen molar-refractivity contribution >= 4 is 25.5 Å². The van der Waals surface area contributed by atoms with Crippen LogP contribution in [-0.4, -0.2) is 9.04 Å². The molecule has 0 unspecified atom stereocenters. The summed E-state index contributed by atoms with van der Waals surface area (Å²) in [6.45, 7) is 2.10. The minimum atomic E-state index is -1.69. The Morgan fingerprint density at radius 2 is 1.35 bits per heavy atom. The molecule has 0 aromatic heterocycles. The van der Waals surface area contributed by atoms with Crippen LogP contribution in [0.2, 0.25) is 0 Å². The highest BCUT2D eigenvalue weighted by Gasteiger charge is 2.17. The molecule has 0 aliphatic rings. The van der Waals surface area contributed by atoms with Gasteiger partial charge in [0.15, 0.2) is 0 Å². The van der Waals surface area contributed by atoms with Crippen LogP contribution >= 0.6 is 0 Å². The lowest BCUT2D eigenvalue weighted by atomic mass is 10.1. The fourth-order valence-electron chi connectivity index (χ4n) is 2.58. The fraction of sp³-hybridized carbons (Fsp3) is 0.0476. The molecule has 0 aliphatic carbocycles. The van der Waals surface area contributed by atoms with Crippen LogP contribution in [0.15, 0.2) is 91.2 Å². The predicted octanol–water partition coefficient (Wildman–Crippen LogP) is 3.52. The zero-order valence-electron chi connectivity index (χ0n) is 13.2. The summed E-state index contributed by atoms with van der Waals surface area (Å²) in [5.74, 6) is 0. The molecule has 0 bridgehead atoms. The van der Waals surface area contributed by atoms with Crippen molar-refractivity contribution in [1.29, 1.82) is 0 Å². The van der Waals surface area contributed by atoms with E-state index in [1.165, 1.54) is 21.5 Å². The van der Waals surface area contributed by atoms with Crippen molar-refractivity contribution in [2.45, 2.75) is 6.92 Å². The number of hydrogen-bond acceptors (Lipinski definition) is 1. The van der Waals surface area contributed by atoms with Crippen LogP contribution in [0.25, 0.3) is 6.08 Å². The second-order valence-electron chi connectivity index (χ2n) is 5.55. The monoisotopic (exact) mass is 316 g/mol. The van der Waals surface area contributed by atoms with Crippen LogP contribution < -0.4 is 10.4 Å². The second-order valence-corrected chi connectivity index (χ2v) is 7.92. The first-order valence-electron chi connectivity index (χ1n) is 7.81. The van der Waals surface area contributed by atoms with E-state index in [1.807, 2.05) is 24.5 Å². The van der Waals surface area contributed by atoms with Gasteiger partial charge in [0.2, 0.25) is 0 Å². The Kier molecular flexibility index (Phi) is 5.07. The van der Waals surface area contributed by atoms with Crippen LogP contribution in [0.1, 0.15) is 11.1 Å². The van der Waals surface area contributed by atoms with Gasteiger partial charge in [0, 0.05) is 0 Å². The normalized spacial score (nSPS) is 11.0.